The van der Waals surface area contributed by atoms with Crippen molar-refractivity contribution < 1.29 is 33.7 Å². The van der Waals surface area contributed by atoms with Gasteiger partial charge in [-0.25, -0.2) is 0 Å². The Balaban J connectivity index is 0.00000196. The van der Waals surface area contributed by atoms with Gasteiger partial charge in [0, 0.05) is 35.2 Å². The summed E-state index contributed by atoms with van der Waals surface area (Å²) in [6.07, 6.45) is 5.90. The molecule has 4 aromatic rings. The van der Waals surface area contributed by atoms with E-state index < -0.39 is 0 Å². The van der Waals surface area contributed by atoms with Crippen molar-refractivity contribution in [1.82, 2.24) is 4.98 Å². The van der Waals surface area contributed by atoms with Gasteiger partial charge in [0.15, 0.2) is 0 Å². The van der Waals surface area contributed by atoms with Crippen molar-refractivity contribution in [2.75, 3.05) is 0 Å². The van der Waals surface area contributed by atoms with Gasteiger partial charge in [-0.2, -0.15) is 4.57 Å². The molecule has 0 bridgehead atoms. The second-order valence-corrected chi connectivity index (χ2v) is 5.97. The zero-order chi connectivity index (χ0) is 17.2. The van der Waals surface area contributed by atoms with Crippen LogP contribution in [0.1, 0.15) is 18.2 Å². The lowest BCUT2D eigenvalue weighted by Crippen LogP contribution is -3.00. The van der Waals surface area contributed by atoms with Crippen molar-refractivity contribution in [3.63, 3.8) is 0 Å². The number of aryl methyl sites for hydroxylation is 1. The summed E-state index contributed by atoms with van der Waals surface area (Å²) < 4.78 is 2.30. The summed E-state index contributed by atoms with van der Waals surface area (Å²) in [5.74, 6) is 0.210. The van der Waals surface area contributed by atoms with Gasteiger partial charge in [-0.3, -0.25) is 4.98 Å². The Morgan fingerprint density at radius 2 is 1.81 bits per heavy atom. The molecule has 2 aromatic heterocycles. The van der Waals surface area contributed by atoms with E-state index >= 15 is 0 Å². The number of hydrogen-bond donors (Lipinski definition) is 1. The van der Waals surface area contributed by atoms with Gasteiger partial charge in [-0.05, 0) is 42.8 Å². The first-order chi connectivity index (χ1) is 12.3. The summed E-state index contributed by atoms with van der Waals surface area (Å²) in [7, 11) is 0. The highest BCUT2D eigenvalue weighted by Crippen LogP contribution is 2.26. The number of phenols is 1. The molecule has 0 radical (unpaired) electrons. The normalized spacial score (nSPS) is 11.1. The highest BCUT2D eigenvalue weighted by molar-refractivity contribution is 5.93. The van der Waals surface area contributed by atoms with E-state index in [0.29, 0.717) is 5.52 Å². The molecule has 0 spiro atoms. The standard InChI is InChI=1S/C22H18N2O.HI/c1-2-24-18(13-10-17-6-3-4-8-20(17)24)12-9-16-11-14-21(25)22-19(16)7-5-15-23-22;/h3-15H,2H2,1H3;1H. The zero-order valence-electron chi connectivity index (χ0n) is 14.4. The largest absolute Gasteiger partial charge is 1.00 e. The average molecular weight is 454 g/mol. The minimum atomic E-state index is 0. The van der Waals surface area contributed by atoms with Crippen molar-refractivity contribution >= 4 is 34.0 Å². The third-order valence-electron chi connectivity index (χ3n) is 4.50. The SMILES string of the molecule is CC[n+]1c(C=Cc2ccc(O)c3ncccc23)ccc2ccccc21.[I-]. The van der Waals surface area contributed by atoms with Gasteiger partial charge in [-0.1, -0.05) is 24.3 Å². The minimum Gasteiger partial charge on any atom is -1.00 e. The van der Waals surface area contributed by atoms with Gasteiger partial charge in [0.25, 0.3) is 0 Å². The molecule has 1 N–H and O–H groups in total. The Bertz CT molecular complexity index is 1110. The number of phenolic OH excluding ortho intramolecular Hbond substituents is 1. The second kappa shape index (κ2) is 7.83. The van der Waals surface area contributed by atoms with Crippen LogP contribution in [0.5, 0.6) is 5.75 Å². The Hall–Kier alpha value is -2.47. The van der Waals surface area contributed by atoms with E-state index in [2.05, 4.69) is 65.0 Å². The van der Waals surface area contributed by atoms with Gasteiger partial charge < -0.3 is 29.1 Å². The van der Waals surface area contributed by atoms with E-state index in [1.165, 1.54) is 10.9 Å². The lowest BCUT2D eigenvalue weighted by atomic mass is 10.1. The van der Waals surface area contributed by atoms with Gasteiger partial charge in [-0.15, -0.1) is 0 Å². The Morgan fingerprint density at radius 1 is 0.962 bits per heavy atom. The molecule has 4 heteroatoms. The van der Waals surface area contributed by atoms with E-state index in [1.807, 2.05) is 18.2 Å². The van der Waals surface area contributed by atoms with Crippen LogP contribution < -0.4 is 28.5 Å². The first-order valence-electron chi connectivity index (χ1n) is 8.44. The van der Waals surface area contributed by atoms with E-state index in [-0.39, 0.29) is 29.7 Å². The van der Waals surface area contributed by atoms with Crippen LogP contribution in [0.25, 0.3) is 34.0 Å². The maximum absolute atomic E-state index is 9.99. The number of aromatic hydroxyl groups is 1. The molecule has 0 atom stereocenters. The van der Waals surface area contributed by atoms with Crippen molar-refractivity contribution in [2.24, 2.45) is 0 Å². The van der Waals surface area contributed by atoms with Crippen LogP contribution >= 0.6 is 0 Å². The fourth-order valence-corrected chi connectivity index (χ4v) is 3.28. The lowest BCUT2D eigenvalue weighted by molar-refractivity contribution is -0.669. The third-order valence-corrected chi connectivity index (χ3v) is 4.50. The molecule has 0 aliphatic carbocycles. The first kappa shape index (κ1) is 18.3. The predicted octanol–water partition coefficient (Wildman–Crippen LogP) is 1.58. The smallest absolute Gasteiger partial charge is 0.212 e. The van der Waals surface area contributed by atoms with Gasteiger partial charge in [0.1, 0.15) is 17.8 Å². The number of halogens is 1. The topological polar surface area (TPSA) is 37.0 Å². The molecular formula is C22H19IN2O. The lowest BCUT2D eigenvalue weighted by Gasteiger charge is -2.04. The maximum atomic E-state index is 9.99. The Labute approximate surface area is 169 Å². The average Bonchev–Trinajstić information content (AvgIpc) is 2.67. The number of nitrogens with zero attached hydrogens (tertiary/aromatic N) is 2. The predicted molar refractivity (Wildman–Crippen MR) is 102 cm³/mol. The number of rotatable bonds is 3. The molecule has 26 heavy (non-hydrogen) atoms. The highest BCUT2D eigenvalue weighted by Gasteiger charge is 2.11. The molecule has 4 rings (SSSR count). The van der Waals surface area contributed by atoms with Crippen molar-refractivity contribution in [1.29, 1.82) is 0 Å². The number of fused-ring (bicyclic) bond motifs is 2. The molecule has 0 saturated carbocycles. The van der Waals surface area contributed by atoms with Crippen LogP contribution in [0.3, 0.4) is 0 Å². The summed E-state index contributed by atoms with van der Waals surface area (Å²) in [5.41, 5.74) is 4.04. The number of para-hydroxylation sites is 1. The van der Waals surface area contributed by atoms with Crippen LogP contribution in [0.4, 0.5) is 0 Å². The van der Waals surface area contributed by atoms with Crippen molar-refractivity contribution in [2.45, 2.75) is 13.5 Å². The maximum Gasteiger partial charge on any atom is 0.212 e. The number of pyridine rings is 2. The molecular weight excluding hydrogens is 435 g/mol. The zero-order valence-corrected chi connectivity index (χ0v) is 16.6. The monoisotopic (exact) mass is 454 g/mol. The number of benzene rings is 2. The van der Waals surface area contributed by atoms with E-state index in [4.69, 9.17) is 0 Å². The molecule has 0 amide bonds. The van der Waals surface area contributed by atoms with E-state index in [9.17, 15) is 5.11 Å². The van der Waals surface area contributed by atoms with Crippen molar-refractivity contribution in [3.05, 3.63) is 78.1 Å². The molecule has 2 heterocycles. The minimum absolute atomic E-state index is 0. The van der Waals surface area contributed by atoms with Crippen LogP contribution in [0.15, 0.2) is 66.9 Å². The molecule has 0 unspecified atom stereocenters. The molecule has 0 fully saturated rings. The molecule has 130 valence electrons. The van der Waals surface area contributed by atoms with Crippen molar-refractivity contribution in [3.8, 4) is 5.75 Å². The summed E-state index contributed by atoms with van der Waals surface area (Å²) >= 11 is 0. The van der Waals surface area contributed by atoms with Gasteiger partial charge >= 0.3 is 0 Å². The third kappa shape index (κ3) is 3.29. The molecule has 0 saturated heterocycles. The highest BCUT2D eigenvalue weighted by atomic mass is 127. The van der Waals surface area contributed by atoms with E-state index in [1.54, 1.807) is 12.3 Å². The summed E-state index contributed by atoms with van der Waals surface area (Å²) in [6, 6.07) is 20.2. The fraction of sp³-hybridized carbons (Fsp3) is 0.0909. The summed E-state index contributed by atoms with van der Waals surface area (Å²) in [4.78, 5) is 4.28. The van der Waals surface area contributed by atoms with Gasteiger partial charge in [0.2, 0.25) is 11.2 Å². The quantitative estimate of drug-likeness (QED) is 0.377. The van der Waals surface area contributed by atoms with Crippen LogP contribution in [0.2, 0.25) is 0 Å². The second-order valence-electron chi connectivity index (χ2n) is 5.97. The summed E-state index contributed by atoms with van der Waals surface area (Å²) in [6.45, 7) is 3.06. The molecule has 0 aliphatic rings. The van der Waals surface area contributed by atoms with Gasteiger partial charge in [0.05, 0.1) is 0 Å². The molecule has 2 aromatic carbocycles. The molecule has 3 nitrogen and oxygen atoms in total. The van der Waals surface area contributed by atoms with Crippen LogP contribution in [0, 0.1) is 0 Å². The number of aromatic nitrogens is 2. The molecule has 0 aliphatic heterocycles. The first-order valence-corrected chi connectivity index (χ1v) is 8.44. The summed E-state index contributed by atoms with van der Waals surface area (Å²) in [5, 5.41) is 12.2. The Morgan fingerprint density at radius 3 is 2.65 bits per heavy atom. The Kier molecular flexibility index (Phi) is 5.52. The van der Waals surface area contributed by atoms with Crippen LogP contribution in [-0.2, 0) is 6.54 Å². The van der Waals surface area contributed by atoms with E-state index in [0.717, 1.165) is 23.2 Å². The van der Waals surface area contributed by atoms with Crippen LogP contribution in [-0.4, -0.2) is 10.1 Å². The fourth-order valence-electron chi connectivity index (χ4n) is 3.28. The number of hydrogen-bond acceptors (Lipinski definition) is 2.